The molecule has 3 N–H and O–H groups in total. The van der Waals surface area contributed by atoms with Gasteiger partial charge >= 0.3 is 0 Å². The zero-order chi connectivity index (χ0) is 16.7. The van der Waals surface area contributed by atoms with Crippen LogP contribution in [0.4, 0.5) is 0 Å². The van der Waals surface area contributed by atoms with Gasteiger partial charge in [-0.15, -0.1) is 0 Å². The van der Waals surface area contributed by atoms with E-state index >= 15 is 0 Å². The van der Waals surface area contributed by atoms with Gasteiger partial charge in [0.1, 0.15) is 5.60 Å². The monoisotopic (exact) mass is 332 g/mol. The Balaban J connectivity index is 1.72. The Hall–Kier alpha value is -2.18. The van der Waals surface area contributed by atoms with E-state index in [0.717, 1.165) is 11.1 Å². The van der Waals surface area contributed by atoms with Crippen molar-refractivity contribution in [2.75, 3.05) is 13.1 Å². The summed E-state index contributed by atoms with van der Waals surface area (Å²) in [4.78, 5) is 23.5. The van der Waals surface area contributed by atoms with Crippen molar-refractivity contribution in [3.8, 4) is 0 Å². The first kappa shape index (κ1) is 17.2. The van der Waals surface area contributed by atoms with Gasteiger partial charge in [-0.1, -0.05) is 30.3 Å². The fourth-order valence-corrected chi connectivity index (χ4v) is 2.81. The van der Waals surface area contributed by atoms with E-state index in [1.165, 1.54) is 11.3 Å². The lowest BCUT2D eigenvalue weighted by Gasteiger charge is -2.22. The van der Waals surface area contributed by atoms with Crippen LogP contribution in [0.15, 0.2) is 47.2 Å². The molecule has 0 saturated carbocycles. The Bertz CT molecular complexity index is 639. The van der Waals surface area contributed by atoms with E-state index in [2.05, 4.69) is 10.6 Å². The molecule has 1 aromatic heterocycles. The molecule has 2 aromatic rings. The topological polar surface area (TPSA) is 78.4 Å². The summed E-state index contributed by atoms with van der Waals surface area (Å²) in [5.41, 5.74) is 0.533. The highest BCUT2D eigenvalue weighted by molar-refractivity contribution is 7.08. The summed E-state index contributed by atoms with van der Waals surface area (Å²) in [5, 5.41) is 19.2. The number of hydrogen-bond acceptors (Lipinski definition) is 4. The highest BCUT2D eigenvalue weighted by Gasteiger charge is 2.24. The molecule has 1 unspecified atom stereocenters. The molecule has 122 valence electrons. The molecule has 0 aliphatic carbocycles. The summed E-state index contributed by atoms with van der Waals surface area (Å²) in [7, 11) is 0. The first-order valence-corrected chi connectivity index (χ1v) is 8.24. The molecule has 0 aliphatic heterocycles. The van der Waals surface area contributed by atoms with E-state index in [0.29, 0.717) is 0 Å². The first-order chi connectivity index (χ1) is 11.0. The van der Waals surface area contributed by atoms with Crippen molar-refractivity contribution in [2.24, 2.45) is 0 Å². The number of benzene rings is 1. The Labute approximate surface area is 139 Å². The van der Waals surface area contributed by atoms with E-state index in [1.807, 2.05) is 47.2 Å². The van der Waals surface area contributed by atoms with Crippen LogP contribution in [0, 0.1) is 0 Å². The van der Waals surface area contributed by atoms with Crippen LogP contribution >= 0.6 is 11.3 Å². The van der Waals surface area contributed by atoms with Gasteiger partial charge in [0.15, 0.2) is 0 Å². The van der Waals surface area contributed by atoms with Crippen molar-refractivity contribution in [2.45, 2.75) is 18.9 Å². The van der Waals surface area contributed by atoms with Crippen molar-refractivity contribution < 1.29 is 14.7 Å². The molecule has 0 radical (unpaired) electrons. The van der Waals surface area contributed by atoms with Crippen molar-refractivity contribution >= 4 is 23.2 Å². The van der Waals surface area contributed by atoms with Gasteiger partial charge in [-0.3, -0.25) is 9.59 Å². The number of rotatable bonds is 7. The lowest BCUT2D eigenvalue weighted by Crippen LogP contribution is -2.43. The molecule has 1 atom stereocenters. The maximum atomic E-state index is 11.8. The SMILES string of the molecule is CC(O)(CNC(=O)CNC(=O)Cc1ccccc1)c1ccsc1. The second kappa shape index (κ2) is 7.89. The normalized spacial score (nSPS) is 13.1. The van der Waals surface area contributed by atoms with Gasteiger partial charge in [0, 0.05) is 0 Å². The minimum Gasteiger partial charge on any atom is -0.384 e. The predicted molar refractivity (Wildman–Crippen MR) is 90.1 cm³/mol. The Morgan fingerprint density at radius 2 is 1.87 bits per heavy atom. The molecule has 5 nitrogen and oxygen atoms in total. The lowest BCUT2D eigenvalue weighted by atomic mass is 9.99. The lowest BCUT2D eigenvalue weighted by molar-refractivity contribution is -0.126. The average molecular weight is 332 g/mol. The van der Waals surface area contributed by atoms with Crippen molar-refractivity contribution in [1.29, 1.82) is 0 Å². The van der Waals surface area contributed by atoms with Gasteiger partial charge in [-0.05, 0) is 34.9 Å². The molecule has 0 spiro atoms. The summed E-state index contributed by atoms with van der Waals surface area (Å²) in [6, 6.07) is 11.1. The molecule has 0 fully saturated rings. The third-order valence-corrected chi connectivity index (χ3v) is 4.11. The molecule has 1 heterocycles. The van der Waals surface area contributed by atoms with Crippen LogP contribution in [0.3, 0.4) is 0 Å². The number of amides is 2. The van der Waals surface area contributed by atoms with E-state index < -0.39 is 5.60 Å². The fraction of sp³-hybridized carbons (Fsp3) is 0.294. The fourth-order valence-electron chi connectivity index (χ4n) is 2.03. The number of hydrogen-bond donors (Lipinski definition) is 3. The van der Waals surface area contributed by atoms with Gasteiger partial charge in [-0.2, -0.15) is 11.3 Å². The zero-order valence-corrected chi connectivity index (χ0v) is 13.7. The highest BCUT2D eigenvalue weighted by Crippen LogP contribution is 2.21. The molecule has 2 rings (SSSR count). The van der Waals surface area contributed by atoms with Crippen LogP contribution < -0.4 is 10.6 Å². The van der Waals surface area contributed by atoms with Crippen LogP contribution in [-0.2, 0) is 21.6 Å². The maximum Gasteiger partial charge on any atom is 0.239 e. The molecular weight excluding hydrogens is 312 g/mol. The summed E-state index contributed by atoms with van der Waals surface area (Å²) in [6.45, 7) is 1.63. The van der Waals surface area contributed by atoms with Crippen LogP contribution in [0.5, 0.6) is 0 Å². The second-order valence-electron chi connectivity index (χ2n) is 5.50. The van der Waals surface area contributed by atoms with Crippen LogP contribution in [-0.4, -0.2) is 30.0 Å². The van der Waals surface area contributed by atoms with Crippen molar-refractivity contribution in [3.05, 3.63) is 58.3 Å². The van der Waals surface area contributed by atoms with Crippen molar-refractivity contribution in [1.82, 2.24) is 10.6 Å². The van der Waals surface area contributed by atoms with Gasteiger partial charge in [0.05, 0.1) is 19.5 Å². The van der Waals surface area contributed by atoms with Gasteiger partial charge in [0.2, 0.25) is 11.8 Å². The number of thiophene rings is 1. The largest absolute Gasteiger partial charge is 0.384 e. The smallest absolute Gasteiger partial charge is 0.239 e. The second-order valence-corrected chi connectivity index (χ2v) is 6.28. The molecule has 0 aliphatic rings. The van der Waals surface area contributed by atoms with Gasteiger partial charge in [0.25, 0.3) is 0 Å². The molecule has 1 aromatic carbocycles. The van der Waals surface area contributed by atoms with E-state index in [9.17, 15) is 14.7 Å². The first-order valence-electron chi connectivity index (χ1n) is 7.30. The molecule has 0 bridgehead atoms. The quantitative estimate of drug-likeness (QED) is 0.718. The maximum absolute atomic E-state index is 11.8. The minimum atomic E-state index is -1.12. The highest BCUT2D eigenvalue weighted by atomic mass is 32.1. The minimum absolute atomic E-state index is 0.0944. The molecule has 0 saturated heterocycles. The third-order valence-electron chi connectivity index (χ3n) is 3.43. The van der Waals surface area contributed by atoms with Crippen LogP contribution in [0.1, 0.15) is 18.1 Å². The Kier molecular flexibility index (Phi) is 5.90. The zero-order valence-electron chi connectivity index (χ0n) is 12.9. The molecule has 2 amide bonds. The average Bonchev–Trinajstić information content (AvgIpc) is 3.07. The van der Waals surface area contributed by atoms with Crippen LogP contribution in [0.25, 0.3) is 0 Å². The van der Waals surface area contributed by atoms with E-state index in [4.69, 9.17) is 0 Å². The Morgan fingerprint density at radius 3 is 2.52 bits per heavy atom. The van der Waals surface area contributed by atoms with Gasteiger partial charge < -0.3 is 15.7 Å². The summed E-state index contributed by atoms with van der Waals surface area (Å²) in [5.74, 6) is -0.544. The van der Waals surface area contributed by atoms with Crippen LogP contribution in [0.2, 0.25) is 0 Å². The number of nitrogens with one attached hydrogen (secondary N) is 2. The predicted octanol–water partition coefficient (Wildman–Crippen LogP) is 1.43. The number of carbonyl (C=O) groups is 2. The summed E-state index contributed by atoms with van der Waals surface area (Å²) < 4.78 is 0. The summed E-state index contributed by atoms with van der Waals surface area (Å²) >= 11 is 1.49. The molecule has 6 heteroatoms. The third kappa shape index (κ3) is 5.50. The van der Waals surface area contributed by atoms with Crippen molar-refractivity contribution in [3.63, 3.8) is 0 Å². The standard InChI is InChI=1S/C17H20N2O3S/c1-17(22,14-7-8-23-11-14)12-19-16(21)10-18-15(20)9-13-5-3-2-4-6-13/h2-8,11,22H,9-10,12H2,1H3,(H,18,20)(H,19,21). The van der Waals surface area contributed by atoms with E-state index in [-0.39, 0.29) is 31.3 Å². The molecule has 23 heavy (non-hydrogen) atoms. The number of carbonyl (C=O) groups excluding carboxylic acids is 2. The summed E-state index contributed by atoms with van der Waals surface area (Å²) in [6.07, 6.45) is 0.237. The number of aliphatic hydroxyl groups is 1. The molecular formula is C17H20N2O3S. The van der Waals surface area contributed by atoms with Gasteiger partial charge in [-0.25, -0.2) is 0 Å². The Morgan fingerprint density at radius 1 is 1.13 bits per heavy atom. The van der Waals surface area contributed by atoms with E-state index in [1.54, 1.807) is 6.92 Å².